The monoisotopic (exact) mass is 277 g/mol. The van der Waals surface area contributed by atoms with Crippen molar-refractivity contribution in [2.24, 2.45) is 5.92 Å². The average Bonchev–Trinajstić information content (AvgIpc) is 2.37. The first-order valence-electron chi connectivity index (χ1n) is 7.73. The number of halogens is 1. The summed E-state index contributed by atoms with van der Waals surface area (Å²) in [4.78, 5) is 0. The Bertz CT molecular complexity index is 417. The van der Waals surface area contributed by atoms with Crippen LogP contribution in [-0.4, -0.2) is 12.1 Å². The van der Waals surface area contributed by atoms with Gasteiger partial charge in [0.2, 0.25) is 0 Å². The highest BCUT2D eigenvalue weighted by Crippen LogP contribution is 2.40. The Kier molecular flexibility index (Phi) is 4.14. The molecule has 0 unspecified atom stereocenters. The van der Waals surface area contributed by atoms with Crippen molar-refractivity contribution in [1.29, 1.82) is 0 Å². The van der Waals surface area contributed by atoms with E-state index in [0.717, 1.165) is 23.0 Å². The summed E-state index contributed by atoms with van der Waals surface area (Å²) in [5.41, 5.74) is 1.35. The Morgan fingerprint density at radius 2 is 1.68 bits per heavy atom. The van der Waals surface area contributed by atoms with Crippen LogP contribution < -0.4 is 5.32 Å². The van der Waals surface area contributed by atoms with Crippen LogP contribution in [0.5, 0.6) is 0 Å². The van der Waals surface area contributed by atoms with E-state index >= 15 is 0 Å². The fraction of sp³-hybridized carbons (Fsp3) is 0.647. The summed E-state index contributed by atoms with van der Waals surface area (Å²) < 4.78 is 0. The van der Waals surface area contributed by atoms with Crippen LogP contribution in [0.15, 0.2) is 24.3 Å². The standard InChI is InChI=1S/C17H24ClN/c1-12-6-8-14(9-7-12)19-15-10-13(11-15)16-4-2-3-5-17(16)18/h2-5,12-15,19H,6-11H2,1H3. The van der Waals surface area contributed by atoms with Gasteiger partial charge in [-0.15, -0.1) is 0 Å². The first kappa shape index (κ1) is 13.5. The molecule has 19 heavy (non-hydrogen) atoms. The lowest BCUT2D eigenvalue weighted by Gasteiger charge is -2.40. The normalized spacial score (nSPS) is 34.8. The molecule has 2 aliphatic carbocycles. The summed E-state index contributed by atoms with van der Waals surface area (Å²) in [5.74, 6) is 1.61. The van der Waals surface area contributed by atoms with Crippen LogP contribution in [0.2, 0.25) is 5.02 Å². The number of rotatable bonds is 3. The van der Waals surface area contributed by atoms with E-state index in [9.17, 15) is 0 Å². The van der Waals surface area contributed by atoms with Crippen molar-refractivity contribution in [3.05, 3.63) is 34.9 Å². The minimum atomic E-state index is 0.675. The summed E-state index contributed by atoms with van der Waals surface area (Å²) in [7, 11) is 0. The molecule has 2 fully saturated rings. The third-order valence-electron chi connectivity index (χ3n) is 4.97. The minimum absolute atomic E-state index is 0.675. The minimum Gasteiger partial charge on any atom is -0.311 e. The molecule has 0 aromatic heterocycles. The average molecular weight is 278 g/mol. The van der Waals surface area contributed by atoms with E-state index in [2.05, 4.69) is 24.4 Å². The second-order valence-corrected chi connectivity index (χ2v) is 6.92. The summed E-state index contributed by atoms with van der Waals surface area (Å²) >= 11 is 6.27. The van der Waals surface area contributed by atoms with Gasteiger partial charge in [-0.1, -0.05) is 36.7 Å². The van der Waals surface area contributed by atoms with Crippen molar-refractivity contribution in [3.63, 3.8) is 0 Å². The topological polar surface area (TPSA) is 12.0 Å². The second kappa shape index (κ2) is 5.85. The van der Waals surface area contributed by atoms with Crippen LogP contribution in [0.3, 0.4) is 0 Å². The first-order valence-corrected chi connectivity index (χ1v) is 8.10. The zero-order valence-corrected chi connectivity index (χ0v) is 12.5. The lowest BCUT2D eigenvalue weighted by Crippen LogP contribution is -2.46. The van der Waals surface area contributed by atoms with Crippen molar-refractivity contribution in [3.8, 4) is 0 Å². The molecule has 0 saturated heterocycles. The van der Waals surface area contributed by atoms with E-state index in [1.54, 1.807) is 0 Å². The van der Waals surface area contributed by atoms with Gasteiger partial charge in [-0.25, -0.2) is 0 Å². The van der Waals surface area contributed by atoms with Gasteiger partial charge in [-0.2, -0.15) is 0 Å². The van der Waals surface area contributed by atoms with Crippen molar-refractivity contribution < 1.29 is 0 Å². The van der Waals surface area contributed by atoms with Crippen LogP contribution in [-0.2, 0) is 0 Å². The fourth-order valence-corrected chi connectivity index (χ4v) is 3.86. The molecule has 0 radical (unpaired) electrons. The number of hydrogen-bond donors (Lipinski definition) is 1. The highest BCUT2D eigenvalue weighted by molar-refractivity contribution is 6.31. The van der Waals surface area contributed by atoms with Crippen molar-refractivity contribution in [1.82, 2.24) is 5.32 Å². The smallest absolute Gasteiger partial charge is 0.0440 e. The Labute approximate surface area is 121 Å². The summed E-state index contributed by atoms with van der Waals surface area (Å²) in [6.07, 6.45) is 8.06. The first-order chi connectivity index (χ1) is 9.22. The predicted octanol–water partition coefficient (Wildman–Crippen LogP) is 4.75. The van der Waals surface area contributed by atoms with Gasteiger partial charge in [0, 0.05) is 17.1 Å². The fourth-order valence-electron chi connectivity index (χ4n) is 3.57. The third kappa shape index (κ3) is 3.14. The van der Waals surface area contributed by atoms with Gasteiger partial charge in [-0.05, 0) is 62.0 Å². The van der Waals surface area contributed by atoms with Crippen LogP contribution >= 0.6 is 11.6 Å². The highest BCUT2D eigenvalue weighted by Gasteiger charge is 2.33. The van der Waals surface area contributed by atoms with E-state index in [4.69, 9.17) is 11.6 Å². The summed E-state index contributed by atoms with van der Waals surface area (Å²) in [6, 6.07) is 9.81. The molecule has 1 N–H and O–H groups in total. The number of benzene rings is 1. The van der Waals surface area contributed by atoms with E-state index in [1.807, 2.05) is 12.1 Å². The van der Waals surface area contributed by atoms with Gasteiger partial charge in [-0.3, -0.25) is 0 Å². The Morgan fingerprint density at radius 3 is 2.37 bits per heavy atom. The molecule has 1 nitrogen and oxygen atoms in total. The van der Waals surface area contributed by atoms with E-state index < -0.39 is 0 Å². The predicted molar refractivity (Wildman–Crippen MR) is 81.8 cm³/mol. The molecular weight excluding hydrogens is 254 g/mol. The SMILES string of the molecule is CC1CCC(NC2CC(c3ccccc3Cl)C2)CC1. The van der Waals surface area contributed by atoms with Gasteiger partial charge >= 0.3 is 0 Å². The van der Waals surface area contributed by atoms with E-state index in [-0.39, 0.29) is 0 Å². The third-order valence-corrected chi connectivity index (χ3v) is 5.31. The maximum Gasteiger partial charge on any atom is 0.0440 e. The Hall–Kier alpha value is -0.530. The van der Waals surface area contributed by atoms with Crippen LogP contribution in [0.25, 0.3) is 0 Å². The van der Waals surface area contributed by atoms with Gasteiger partial charge < -0.3 is 5.32 Å². The molecule has 1 aromatic carbocycles. The largest absolute Gasteiger partial charge is 0.311 e. The lowest BCUT2D eigenvalue weighted by atomic mass is 9.75. The highest BCUT2D eigenvalue weighted by atomic mass is 35.5. The molecule has 0 aliphatic heterocycles. The molecule has 0 bridgehead atoms. The number of hydrogen-bond acceptors (Lipinski definition) is 1. The van der Waals surface area contributed by atoms with Crippen molar-refractivity contribution in [2.45, 2.75) is 63.5 Å². The van der Waals surface area contributed by atoms with E-state index in [1.165, 1.54) is 44.1 Å². The quantitative estimate of drug-likeness (QED) is 0.840. The maximum atomic E-state index is 6.27. The van der Waals surface area contributed by atoms with Crippen LogP contribution in [0, 0.1) is 5.92 Å². The summed E-state index contributed by atoms with van der Waals surface area (Å²) in [6.45, 7) is 2.38. The van der Waals surface area contributed by atoms with Gasteiger partial charge in [0.25, 0.3) is 0 Å². The van der Waals surface area contributed by atoms with Crippen molar-refractivity contribution >= 4 is 11.6 Å². The molecular formula is C17H24ClN. The molecule has 3 rings (SSSR count). The molecule has 2 heteroatoms. The van der Waals surface area contributed by atoms with E-state index in [0.29, 0.717) is 5.92 Å². The Balaban J connectivity index is 1.47. The van der Waals surface area contributed by atoms with Gasteiger partial charge in [0.15, 0.2) is 0 Å². The molecule has 0 atom stereocenters. The molecule has 2 saturated carbocycles. The zero-order valence-electron chi connectivity index (χ0n) is 11.7. The lowest BCUT2D eigenvalue weighted by molar-refractivity contribution is 0.221. The molecule has 1 aromatic rings. The van der Waals surface area contributed by atoms with Crippen LogP contribution in [0.1, 0.15) is 56.9 Å². The molecule has 0 heterocycles. The number of nitrogens with one attached hydrogen (secondary N) is 1. The zero-order chi connectivity index (χ0) is 13.2. The molecule has 0 amide bonds. The van der Waals surface area contributed by atoms with Gasteiger partial charge in [0.1, 0.15) is 0 Å². The van der Waals surface area contributed by atoms with Crippen LogP contribution in [0.4, 0.5) is 0 Å². The van der Waals surface area contributed by atoms with Gasteiger partial charge in [0.05, 0.1) is 0 Å². The Morgan fingerprint density at radius 1 is 1.00 bits per heavy atom. The maximum absolute atomic E-state index is 6.27. The molecule has 104 valence electrons. The molecule has 0 spiro atoms. The molecule has 2 aliphatic rings. The second-order valence-electron chi connectivity index (χ2n) is 6.51. The van der Waals surface area contributed by atoms with Crippen molar-refractivity contribution in [2.75, 3.05) is 0 Å². The summed E-state index contributed by atoms with van der Waals surface area (Å²) in [5, 5.41) is 4.79.